The summed E-state index contributed by atoms with van der Waals surface area (Å²) in [5.41, 5.74) is 1.23. The zero-order valence-corrected chi connectivity index (χ0v) is 15.3. The zero-order chi connectivity index (χ0) is 16.9. The molecule has 2 N–H and O–H groups in total. The van der Waals surface area contributed by atoms with E-state index in [2.05, 4.69) is 65.2 Å². The summed E-state index contributed by atoms with van der Waals surface area (Å²) < 4.78 is 7.38. The van der Waals surface area contributed by atoms with Crippen molar-refractivity contribution in [3.63, 3.8) is 0 Å². The van der Waals surface area contributed by atoms with Gasteiger partial charge in [-0.15, -0.1) is 0 Å². The predicted octanol–water partition coefficient (Wildman–Crippen LogP) is 4.11. The number of carbonyl (C=O) groups is 1. The van der Waals surface area contributed by atoms with E-state index in [0.29, 0.717) is 0 Å². The van der Waals surface area contributed by atoms with Crippen LogP contribution in [0.4, 0.5) is 0 Å². The molecular formula is C18H22INO3. The third kappa shape index (κ3) is 7.47. The summed E-state index contributed by atoms with van der Waals surface area (Å²) in [6, 6.07) is 18.6. The maximum Gasteiger partial charge on any atom is 0.290 e. The van der Waals surface area contributed by atoms with E-state index in [4.69, 9.17) is 14.6 Å². The van der Waals surface area contributed by atoms with E-state index in [1.54, 1.807) is 0 Å². The van der Waals surface area contributed by atoms with Crippen molar-refractivity contribution in [3.8, 4) is 5.75 Å². The Morgan fingerprint density at radius 1 is 1.17 bits per heavy atom. The van der Waals surface area contributed by atoms with Crippen molar-refractivity contribution in [2.75, 3.05) is 13.1 Å². The van der Waals surface area contributed by atoms with Crippen molar-refractivity contribution in [1.82, 2.24) is 5.32 Å². The third-order valence-corrected chi connectivity index (χ3v) is 4.00. The van der Waals surface area contributed by atoms with E-state index in [-0.39, 0.29) is 12.6 Å². The van der Waals surface area contributed by atoms with E-state index in [9.17, 15) is 0 Å². The summed E-state index contributed by atoms with van der Waals surface area (Å²) in [6.07, 6.45) is 1.05. The molecule has 0 heterocycles. The molecule has 0 amide bonds. The Hall–Kier alpha value is -1.60. The minimum atomic E-state index is -0.250. The fraction of sp³-hybridized carbons (Fsp3) is 0.278. The van der Waals surface area contributed by atoms with Gasteiger partial charge in [-0.05, 0) is 53.4 Å². The molecule has 0 aromatic heterocycles. The lowest BCUT2D eigenvalue weighted by atomic mass is 10.1. The highest BCUT2D eigenvalue weighted by atomic mass is 127. The van der Waals surface area contributed by atoms with Crippen molar-refractivity contribution >= 4 is 29.1 Å². The maximum absolute atomic E-state index is 8.36. The second-order valence-corrected chi connectivity index (χ2v) is 5.86. The van der Waals surface area contributed by atoms with Crippen LogP contribution in [-0.2, 0) is 4.79 Å². The highest BCUT2D eigenvalue weighted by molar-refractivity contribution is 14.1. The van der Waals surface area contributed by atoms with Crippen LogP contribution in [0.3, 0.4) is 0 Å². The van der Waals surface area contributed by atoms with Gasteiger partial charge in [0.2, 0.25) is 0 Å². The van der Waals surface area contributed by atoms with Crippen LogP contribution in [0.15, 0.2) is 54.6 Å². The Labute approximate surface area is 151 Å². The number of ether oxygens (including phenoxy) is 1. The topological polar surface area (TPSA) is 58.6 Å². The monoisotopic (exact) mass is 427 g/mol. The van der Waals surface area contributed by atoms with Crippen LogP contribution in [0.1, 0.15) is 25.0 Å². The lowest BCUT2D eigenvalue weighted by Crippen LogP contribution is -2.19. The Balaban J connectivity index is 0.000000816. The number of benzene rings is 2. The largest absolute Gasteiger partial charge is 0.485 e. The number of halogens is 1. The van der Waals surface area contributed by atoms with Crippen LogP contribution in [0.25, 0.3) is 0 Å². The van der Waals surface area contributed by atoms with Gasteiger partial charge in [0, 0.05) is 6.42 Å². The van der Waals surface area contributed by atoms with Gasteiger partial charge in [0.15, 0.2) is 0 Å². The normalized spacial score (nSPS) is 11.0. The number of nitrogens with one attached hydrogen (secondary N) is 1. The van der Waals surface area contributed by atoms with Crippen LogP contribution < -0.4 is 10.1 Å². The average molecular weight is 427 g/mol. The molecule has 0 radical (unpaired) electrons. The minimum Gasteiger partial charge on any atom is -0.485 e. The second-order valence-electron chi connectivity index (χ2n) is 4.70. The SMILES string of the molecule is CCNCCC(Oc1ccccc1I)c1ccccc1.O=CO. The first kappa shape index (κ1) is 19.4. The first-order valence-electron chi connectivity index (χ1n) is 7.47. The van der Waals surface area contributed by atoms with Crippen LogP contribution in [-0.4, -0.2) is 24.7 Å². The molecular weight excluding hydrogens is 405 g/mol. The summed E-state index contributed by atoms with van der Waals surface area (Å²) in [5, 5.41) is 10.3. The summed E-state index contributed by atoms with van der Waals surface area (Å²) in [7, 11) is 0. The molecule has 0 fully saturated rings. The van der Waals surface area contributed by atoms with Gasteiger partial charge in [0.05, 0.1) is 3.57 Å². The molecule has 0 aliphatic carbocycles. The molecule has 0 aliphatic heterocycles. The fourth-order valence-corrected chi connectivity index (χ4v) is 2.58. The first-order valence-corrected chi connectivity index (χ1v) is 8.55. The molecule has 23 heavy (non-hydrogen) atoms. The molecule has 0 saturated carbocycles. The quantitative estimate of drug-likeness (QED) is 0.397. The van der Waals surface area contributed by atoms with E-state index >= 15 is 0 Å². The number of hydrogen-bond donors (Lipinski definition) is 2. The van der Waals surface area contributed by atoms with E-state index in [1.165, 1.54) is 5.56 Å². The van der Waals surface area contributed by atoms with Crippen molar-refractivity contribution in [2.45, 2.75) is 19.4 Å². The molecule has 1 atom stereocenters. The van der Waals surface area contributed by atoms with Gasteiger partial charge in [-0.2, -0.15) is 0 Å². The first-order chi connectivity index (χ1) is 11.2. The molecule has 5 heteroatoms. The Morgan fingerprint density at radius 3 is 2.39 bits per heavy atom. The predicted molar refractivity (Wildman–Crippen MR) is 101 cm³/mol. The number of carboxylic acid groups (broad SMARTS) is 1. The van der Waals surface area contributed by atoms with Crippen molar-refractivity contribution in [2.24, 2.45) is 0 Å². The van der Waals surface area contributed by atoms with E-state index < -0.39 is 0 Å². The van der Waals surface area contributed by atoms with Crippen LogP contribution >= 0.6 is 22.6 Å². The lowest BCUT2D eigenvalue weighted by Gasteiger charge is -2.20. The molecule has 0 spiro atoms. The van der Waals surface area contributed by atoms with Gasteiger partial charge in [-0.1, -0.05) is 49.4 Å². The van der Waals surface area contributed by atoms with Crippen LogP contribution in [0.5, 0.6) is 5.75 Å². The summed E-state index contributed by atoms with van der Waals surface area (Å²) >= 11 is 2.32. The molecule has 2 aromatic carbocycles. The lowest BCUT2D eigenvalue weighted by molar-refractivity contribution is -0.122. The summed E-state index contributed by atoms with van der Waals surface area (Å²) in [6.45, 7) is 3.82. The Kier molecular flexibility index (Phi) is 10.1. The second kappa shape index (κ2) is 11.9. The van der Waals surface area contributed by atoms with Gasteiger partial charge >= 0.3 is 0 Å². The molecule has 0 aliphatic rings. The van der Waals surface area contributed by atoms with Gasteiger partial charge < -0.3 is 15.2 Å². The fourth-order valence-electron chi connectivity index (χ4n) is 2.06. The highest BCUT2D eigenvalue weighted by Crippen LogP contribution is 2.28. The summed E-state index contributed by atoms with van der Waals surface area (Å²) in [5.74, 6) is 0.957. The standard InChI is InChI=1S/C17H20INO.CH2O2/c1-2-19-13-12-16(14-8-4-3-5-9-14)20-17-11-7-6-10-15(17)18;2-1-3/h3-11,16,19H,2,12-13H2,1H3;1H,(H,2,3). The minimum absolute atomic E-state index is 0.0890. The molecule has 0 bridgehead atoms. The third-order valence-electron chi connectivity index (χ3n) is 3.11. The molecule has 2 aromatic rings. The summed E-state index contributed by atoms with van der Waals surface area (Å²) in [4.78, 5) is 8.36. The number of rotatable bonds is 7. The molecule has 4 nitrogen and oxygen atoms in total. The zero-order valence-electron chi connectivity index (χ0n) is 13.1. The van der Waals surface area contributed by atoms with E-state index in [1.807, 2.05) is 24.3 Å². The van der Waals surface area contributed by atoms with Crippen LogP contribution in [0, 0.1) is 3.57 Å². The van der Waals surface area contributed by atoms with Gasteiger partial charge in [-0.3, -0.25) is 4.79 Å². The number of hydrogen-bond acceptors (Lipinski definition) is 3. The van der Waals surface area contributed by atoms with Crippen molar-refractivity contribution in [1.29, 1.82) is 0 Å². The van der Waals surface area contributed by atoms with Crippen molar-refractivity contribution in [3.05, 3.63) is 63.7 Å². The smallest absolute Gasteiger partial charge is 0.290 e. The molecule has 0 saturated heterocycles. The highest BCUT2D eigenvalue weighted by Gasteiger charge is 2.14. The maximum atomic E-state index is 8.36. The van der Waals surface area contributed by atoms with Gasteiger partial charge in [0.25, 0.3) is 6.47 Å². The van der Waals surface area contributed by atoms with Crippen molar-refractivity contribution < 1.29 is 14.6 Å². The Bertz CT molecular complexity index is 563. The van der Waals surface area contributed by atoms with Crippen LogP contribution in [0.2, 0.25) is 0 Å². The molecule has 1 unspecified atom stereocenters. The van der Waals surface area contributed by atoms with E-state index in [0.717, 1.165) is 28.8 Å². The molecule has 124 valence electrons. The Morgan fingerprint density at radius 2 is 1.78 bits per heavy atom. The van der Waals surface area contributed by atoms with Gasteiger partial charge in [-0.25, -0.2) is 0 Å². The molecule has 2 rings (SSSR count). The average Bonchev–Trinajstić information content (AvgIpc) is 2.57. The van der Waals surface area contributed by atoms with Gasteiger partial charge in [0.1, 0.15) is 11.9 Å². The number of para-hydroxylation sites is 1.